The van der Waals surface area contributed by atoms with Crippen molar-refractivity contribution >= 4 is 17.5 Å². The summed E-state index contributed by atoms with van der Waals surface area (Å²) in [5.41, 5.74) is 3.17. The highest BCUT2D eigenvalue weighted by Gasteiger charge is 2.15. The number of anilines is 1. The molecule has 0 aromatic heterocycles. The monoisotopic (exact) mass is 314 g/mol. The summed E-state index contributed by atoms with van der Waals surface area (Å²) in [5, 5.41) is 2.63. The molecule has 0 unspecified atom stereocenters. The number of benzene rings is 2. The molecule has 2 rings (SSSR count). The Hall–Kier alpha value is -2.69. The Morgan fingerprint density at radius 2 is 1.70 bits per heavy atom. The number of nitrogens with one attached hydrogen (secondary N) is 1. The zero-order chi connectivity index (χ0) is 17.0. The predicted octanol–water partition coefficient (Wildman–Crippen LogP) is 3.15. The molecule has 0 aliphatic heterocycles. The number of hydrogen-bond donors (Lipinski definition) is 1. The van der Waals surface area contributed by atoms with Crippen molar-refractivity contribution in [2.75, 3.05) is 18.9 Å². The molecule has 0 bridgehead atoms. The minimum atomic E-state index is -0.370. The Balaban J connectivity index is 1.98. The standard InChI is InChI=1S/C18H19FN2O2/c1-12-4-5-14(10-13(12)2)18(23)21(3)11-17(22)20-16-8-6-15(19)7-9-16/h4-10H,11H2,1-3H3,(H,20,22). The van der Waals surface area contributed by atoms with Gasteiger partial charge in [0.1, 0.15) is 5.82 Å². The first-order chi connectivity index (χ1) is 10.9. The number of halogens is 1. The van der Waals surface area contributed by atoms with Crippen molar-refractivity contribution in [1.82, 2.24) is 4.90 Å². The van der Waals surface area contributed by atoms with E-state index in [2.05, 4.69) is 5.32 Å². The van der Waals surface area contributed by atoms with Crippen molar-refractivity contribution < 1.29 is 14.0 Å². The van der Waals surface area contributed by atoms with Crippen LogP contribution in [0.3, 0.4) is 0 Å². The number of amides is 2. The van der Waals surface area contributed by atoms with E-state index in [1.165, 1.54) is 29.2 Å². The van der Waals surface area contributed by atoms with E-state index < -0.39 is 0 Å². The lowest BCUT2D eigenvalue weighted by molar-refractivity contribution is -0.116. The van der Waals surface area contributed by atoms with Gasteiger partial charge in [0.25, 0.3) is 5.91 Å². The van der Waals surface area contributed by atoms with E-state index in [0.29, 0.717) is 11.3 Å². The predicted molar refractivity (Wildman–Crippen MR) is 87.9 cm³/mol. The van der Waals surface area contributed by atoms with Crippen molar-refractivity contribution in [3.05, 3.63) is 65.0 Å². The lowest BCUT2D eigenvalue weighted by Crippen LogP contribution is -2.35. The Morgan fingerprint density at radius 1 is 1.04 bits per heavy atom. The third-order valence-electron chi connectivity index (χ3n) is 3.61. The van der Waals surface area contributed by atoms with Gasteiger partial charge in [0.05, 0.1) is 6.54 Å². The summed E-state index contributed by atoms with van der Waals surface area (Å²) >= 11 is 0. The van der Waals surface area contributed by atoms with Crippen LogP contribution in [0.1, 0.15) is 21.5 Å². The van der Waals surface area contributed by atoms with Crippen LogP contribution in [0.25, 0.3) is 0 Å². The number of likely N-dealkylation sites (N-methyl/N-ethyl adjacent to an activating group) is 1. The van der Waals surface area contributed by atoms with Crippen molar-refractivity contribution in [3.8, 4) is 0 Å². The number of rotatable bonds is 4. The highest BCUT2D eigenvalue weighted by Crippen LogP contribution is 2.12. The Morgan fingerprint density at radius 3 is 2.30 bits per heavy atom. The van der Waals surface area contributed by atoms with Crippen LogP contribution >= 0.6 is 0 Å². The van der Waals surface area contributed by atoms with Crippen molar-refractivity contribution in [2.24, 2.45) is 0 Å². The minimum absolute atomic E-state index is 0.0802. The third kappa shape index (κ3) is 4.39. The van der Waals surface area contributed by atoms with Crippen molar-refractivity contribution in [3.63, 3.8) is 0 Å². The summed E-state index contributed by atoms with van der Waals surface area (Å²) in [4.78, 5) is 25.7. The molecule has 2 aromatic carbocycles. The van der Waals surface area contributed by atoms with Crippen LogP contribution in [0.5, 0.6) is 0 Å². The number of nitrogens with zero attached hydrogens (tertiary/aromatic N) is 1. The number of carbonyl (C=O) groups is 2. The van der Waals surface area contributed by atoms with Gasteiger partial charge in [0, 0.05) is 18.3 Å². The quantitative estimate of drug-likeness (QED) is 0.942. The lowest BCUT2D eigenvalue weighted by Gasteiger charge is -2.17. The first-order valence-electron chi connectivity index (χ1n) is 7.25. The van der Waals surface area contributed by atoms with Crippen LogP contribution in [0.15, 0.2) is 42.5 Å². The van der Waals surface area contributed by atoms with E-state index in [1.54, 1.807) is 13.1 Å². The van der Waals surface area contributed by atoms with E-state index in [1.807, 2.05) is 26.0 Å². The van der Waals surface area contributed by atoms with Crippen LogP contribution in [0.2, 0.25) is 0 Å². The second-order valence-corrected chi connectivity index (χ2v) is 5.52. The molecule has 2 amide bonds. The zero-order valence-corrected chi connectivity index (χ0v) is 13.4. The number of aryl methyl sites for hydroxylation is 2. The molecular formula is C18H19FN2O2. The first-order valence-corrected chi connectivity index (χ1v) is 7.25. The van der Waals surface area contributed by atoms with E-state index in [-0.39, 0.29) is 24.2 Å². The van der Waals surface area contributed by atoms with Gasteiger partial charge < -0.3 is 10.2 Å². The molecule has 0 atom stereocenters. The summed E-state index contributed by atoms with van der Waals surface area (Å²) < 4.78 is 12.8. The normalized spacial score (nSPS) is 10.3. The third-order valence-corrected chi connectivity index (χ3v) is 3.61. The molecular weight excluding hydrogens is 295 g/mol. The van der Waals surface area contributed by atoms with E-state index in [4.69, 9.17) is 0 Å². The minimum Gasteiger partial charge on any atom is -0.332 e. The fourth-order valence-electron chi connectivity index (χ4n) is 2.12. The average molecular weight is 314 g/mol. The first kappa shape index (κ1) is 16.7. The van der Waals surface area contributed by atoms with E-state index >= 15 is 0 Å². The second kappa shape index (κ2) is 7.05. The lowest BCUT2D eigenvalue weighted by atomic mass is 10.1. The SMILES string of the molecule is Cc1ccc(C(=O)N(C)CC(=O)Nc2ccc(F)cc2)cc1C. The summed E-state index contributed by atoms with van der Waals surface area (Å²) in [6, 6.07) is 10.9. The van der Waals surface area contributed by atoms with Gasteiger partial charge >= 0.3 is 0 Å². The molecule has 1 N–H and O–H groups in total. The molecule has 0 saturated carbocycles. The second-order valence-electron chi connectivity index (χ2n) is 5.52. The fourth-order valence-corrected chi connectivity index (χ4v) is 2.12. The van der Waals surface area contributed by atoms with Gasteiger partial charge in [-0.15, -0.1) is 0 Å². The maximum Gasteiger partial charge on any atom is 0.254 e. The zero-order valence-electron chi connectivity index (χ0n) is 13.4. The van der Waals surface area contributed by atoms with E-state index in [0.717, 1.165) is 11.1 Å². The van der Waals surface area contributed by atoms with Crippen LogP contribution in [-0.4, -0.2) is 30.3 Å². The number of hydrogen-bond acceptors (Lipinski definition) is 2. The summed E-state index contributed by atoms with van der Waals surface area (Å²) in [6.45, 7) is 3.83. The summed E-state index contributed by atoms with van der Waals surface area (Å²) in [7, 11) is 1.57. The molecule has 0 radical (unpaired) electrons. The topological polar surface area (TPSA) is 49.4 Å². The average Bonchev–Trinajstić information content (AvgIpc) is 2.51. The van der Waals surface area contributed by atoms with Crippen LogP contribution in [0, 0.1) is 19.7 Å². The molecule has 0 heterocycles. The molecule has 0 fully saturated rings. The highest BCUT2D eigenvalue weighted by molar-refractivity contribution is 5.99. The van der Waals surface area contributed by atoms with Gasteiger partial charge in [-0.2, -0.15) is 0 Å². The molecule has 4 nitrogen and oxygen atoms in total. The maximum absolute atomic E-state index is 12.8. The Kier molecular flexibility index (Phi) is 5.11. The smallest absolute Gasteiger partial charge is 0.254 e. The van der Waals surface area contributed by atoms with Crippen LogP contribution in [-0.2, 0) is 4.79 Å². The molecule has 0 saturated heterocycles. The molecule has 0 spiro atoms. The fraction of sp³-hybridized carbons (Fsp3) is 0.222. The molecule has 0 aliphatic rings. The van der Waals surface area contributed by atoms with Gasteiger partial charge in [0.15, 0.2) is 0 Å². The highest BCUT2D eigenvalue weighted by atomic mass is 19.1. The van der Waals surface area contributed by atoms with Gasteiger partial charge in [-0.3, -0.25) is 9.59 Å². The van der Waals surface area contributed by atoms with Gasteiger partial charge in [-0.1, -0.05) is 6.07 Å². The molecule has 120 valence electrons. The molecule has 5 heteroatoms. The maximum atomic E-state index is 12.8. The van der Waals surface area contributed by atoms with Crippen molar-refractivity contribution in [2.45, 2.75) is 13.8 Å². The molecule has 0 aliphatic carbocycles. The summed E-state index contributed by atoms with van der Waals surface area (Å²) in [5.74, 6) is -0.927. The summed E-state index contributed by atoms with van der Waals surface area (Å²) in [6.07, 6.45) is 0. The largest absolute Gasteiger partial charge is 0.332 e. The Labute approximate surface area is 134 Å². The molecule has 23 heavy (non-hydrogen) atoms. The van der Waals surface area contributed by atoms with Gasteiger partial charge in [-0.25, -0.2) is 4.39 Å². The van der Waals surface area contributed by atoms with Crippen molar-refractivity contribution in [1.29, 1.82) is 0 Å². The Bertz CT molecular complexity index is 726. The van der Waals surface area contributed by atoms with Gasteiger partial charge in [0.2, 0.25) is 5.91 Å². The van der Waals surface area contributed by atoms with Gasteiger partial charge in [-0.05, 0) is 61.4 Å². The molecule has 2 aromatic rings. The van der Waals surface area contributed by atoms with Crippen LogP contribution < -0.4 is 5.32 Å². The van der Waals surface area contributed by atoms with Crippen LogP contribution in [0.4, 0.5) is 10.1 Å². The van der Waals surface area contributed by atoms with E-state index in [9.17, 15) is 14.0 Å². The number of carbonyl (C=O) groups excluding carboxylic acids is 2.